The third-order valence-corrected chi connectivity index (χ3v) is 6.40. The van der Waals surface area contributed by atoms with Gasteiger partial charge in [0.2, 0.25) is 0 Å². The highest BCUT2D eigenvalue weighted by Gasteiger charge is 2.25. The summed E-state index contributed by atoms with van der Waals surface area (Å²) in [5, 5.41) is 0.0104. The highest BCUT2D eigenvalue weighted by molar-refractivity contribution is 7.80. The Labute approximate surface area is 191 Å². The summed E-state index contributed by atoms with van der Waals surface area (Å²) in [7, 11) is 0. The monoisotopic (exact) mass is 482 g/mol. The van der Waals surface area contributed by atoms with E-state index in [0.29, 0.717) is 5.56 Å². The van der Waals surface area contributed by atoms with E-state index in [1.807, 2.05) is 0 Å². The summed E-state index contributed by atoms with van der Waals surface area (Å²) >= 11 is 4.43. The second kappa shape index (κ2) is 8.94. The molecule has 0 amide bonds. The van der Waals surface area contributed by atoms with E-state index in [2.05, 4.69) is 12.6 Å². The lowest BCUT2D eigenvalue weighted by Gasteiger charge is -2.26. The number of thiol groups is 1. The fraction of sp³-hybridized carbons (Fsp3) is 0.280. The molecule has 0 unspecified atom stereocenters. The molecule has 3 aromatic carbocycles. The van der Waals surface area contributed by atoms with Crippen LogP contribution in [0, 0.1) is 35.1 Å². The van der Waals surface area contributed by atoms with Gasteiger partial charge in [0.05, 0.1) is 11.1 Å². The highest BCUT2D eigenvalue weighted by atomic mass is 32.1. The van der Waals surface area contributed by atoms with Gasteiger partial charge in [-0.15, -0.1) is 0 Å². The third kappa shape index (κ3) is 4.98. The number of benzene rings is 3. The summed E-state index contributed by atoms with van der Waals surface area (Å²) in [4.78, 5) is 0. The predicted molar refractivity (Wildman–Crippen MR) is 116 cm³/mol. The maximum absolute atomic E-state index is 14.9. The second-order valence-corrected chi connectivity index (χ2v) is 8.83. The molecule has 172 valence electrons. The standard InChI is InChI=1S/C25H17F7S/c26-20-12-16-9-14(3-6-18(16)24(29)19(20)7-8-25(30,31)32)23-21(27)10-15(11-22(23)28)13-1-4-17(33)5-2-13/h3,6,9-13,17,33H,1-2,4-5H2. The Morgan fingerprint density at radius 3 is 2.06 bits per heavy atom. The van der Waals surface area contributed by atoms with Crippen LogP contribution in [0.3, 0.4) is 0 Å². The quantitative estimate of drug-likeness (QED) is 0.214. The molecule has 0 radical (unpaired) electrons. The Hall–Kier alpha value is -2.66. The van der Waals surface area contributed by atoms with E-state index >= 15 is 0 Å². The van der Waals surface area contributed by atoms with Crippen LogP contribution in [-0.4, -0.2) is 11.4 Å². The maximum Gasteiger partial charge on any atom is 0.458 e. The van der Waals surface area contributed by atoms with Crippen LogP contribution < -0.4 is 0 Å². The summed E-state index contributed by atoms with van der Waals surface area (Å²) in [6, 6.07) is 6.92. The lowest BCUT2D eigenvalue weighted by molar-refractivity contribution is -0.0696. The van der Waals surface area contributed by atoms with Gasteiger partial charge in [0.15, 0.2) is 0 Å². The van der Waals surface area contributed by atoms with Gasteiger partial charge in [0.1, 0.15) is 23.3 Å². The van der Waals surface area contributed by atoms with E-state index in [1.54, 1.807) is 0 Å². The molecule has 1 fully saturated rings. The van der Waals surface area contributed by atoms with Crippen molar-refractivity contribution in [3.8, 4) is 23.0 Å². The number of rotatable bonds is 2. The van der Waals surface area contributed by atoms with Gasteiger partial charge in [-0.05, 0) is 72.4 Å². The van der Waals surface area contributed by atoms with Gasteiger partial charge in [-0.1, -0.05) is 18.1 Å². The van der Waals surface area contributed by atoms with Crippen molar-refractivity contribution in [2.45, 2.75) is 43.0 Å². The van der Waals surface area contributed by atoms with Crippen molar-refractivity contribution in [3.05, 3.63) is 70.8 Å². The van der Waals surface area contributed by atoms with Crippen molar-refractivity contribution < 1.29 is 30.7 Å². The number of hydrogen-bond donors (Lipinski definition) is 1. The Balaban J connectivity index is 1.74. The number of alkyl halides is 3. The molecule has 33 heavy (non-hydrogen) atoms. The first kappa shape index (κ1) is 23.5. The Kier molecular flexibility index (Phi) is 6.37. The van der Waals surface area contributed by atoms with Crippen molar-refractivity contribution >= 4 is 23.4 Å². The zero-order valence-electron chi connectivity index (χ0n) is 17.0. The van der Waals surface area contributed by atoms with Crippen LogP contribution in [-0.2, 0) is 0 Å². The van der Waals surface area contributed by atoms with Gasteiger partial charge in [-0.2, -0.15) is 25.8 Å². The molecular weight excluding hydrogens is 465 g/mol. The largest absolute Gasteiger partial charge is 0.458 e. The summed E-state index contributed by atoms with van der Waals surface area (Å²) in [5.74, 6) is -1.84. The molecule has 0 nitrogen and oxygen atoms in total. The molecule has 3 aromatic rings. The Bertz CT molecular complexity index is 1250. The molecule has 0 spiro atoms. The molecule has 0 saturated heterocycles. The van der Waals surface area contributed by atoms with E-state index < -0.39 is 35.0 Å². The molecule has 0 atom stereocenters. The Morgan fingerprint density at radius 1 is 0.818 bits per heavy atom. The fourth-order valence-corrected chi connectivity index (χ4v) is 4.55. The van der Waals surface area contributed by atoms with Crippen LogP contribution >= 0.6 is 12.6 Å². The first-order valence-corrected chi connectivity index (χ1v) is 10.7. The zero-order chi connectivity index (χ0) is 23.9. The molecule has 0 bridgehead atoms. The highest BCUT2D eigenvalue weighted by Crippen LogP contribution is 2.38. The number of fused-ring (bicyclic) bond motifs is 1. The summed E-state index contributed by atoms with van der Waals surface area (Å²) in [5.41, 5.74) is -0.758. The lowest BCUT2D eigenvalue weighted by Crippen LogP contribution is -2.13. The molecular formula is C25H17F7S. The molecule has 1 aliphatic carbocycles. The average molecular weight is 482 g/mol. The van der Waals surface area contributed by atoms with E-state index in [1.165, 1.54) is 30.2 Å². The van der Waals surface area contributed by atoms with Gasteiger partial charge in [0.25, 0.3) is 0 Å². The topological polar surface area (TPSA) is 0 Å². The minimum absolute atomic E-state index is 0.0301. The van der Waals surface area contributed by atoms with Gasteiger partial charge < -0.3 is 0 Å². The second-order valence-electron chi connectivity index (χ2n) is 8.10. The zero-order valence-corrected chi connectivity index (χ0v) is 17.9. The number of hydrogen-bond acceptors (Lipinski definition) is 1. The SMILES string of the molecule is Fc1cc2cc(-c3c(F)cc(C4CCC(S)CC4)cc3F)ccc2c(F)c1C#CC(F)(F)F. The van der Waals surface area contributed by atoms with Gasteiger partial charge in [-0.3, -0.25) is 0 Å². The van der Waals surface area contributed by atoms with E-state index in [-0.39, 0.29) is 33.1 Å². The minimum Gasteiger partial charge on any atom is -0.206 e. The molecule has 0 aromatic heterocycles. The van der Waals surface area contributed by atoms with Crippen LogP contribution in [0.1, 0.15) is 42.7 Å². The van der Waals surface area contributed by atoms with Crippen molar-refractivity contribution in [1.29, 1.82) is 0 Å². The molecule has 1 aliphatic rings. The minimum atomic E-state index is -4.91. The van der Waals surface area contributed by atoms with Crippen LogP contribution in [0.4, 0.5) is 30.7 Å². The van der Waals surface area contributed by atoms with E-state index in [0.717, 1.165) is 43.7 Å². The molecule has 1 saturated carbocycles. The summed E-state index contributed by atoms with van der Waals surface area (Å²) in [6.07, 6.45) is -1.64. The van der Waals surface area contributed by atoms with E-state index in [9.17, 15) is 30.7 Å². The average Bonchev–Trinajstić information content (AvgIpc) is 2.72. The summed E-state index contributed by atoms with van der Waals surface area (Å²) < 4.78 is 95.7. The lowest BCUT2D eigenvalue weighted by atomic mass is 9.83. The molecule has 0 aliphatic heterocycles. The fourth-order valence-electron chi connectivity index (χ4n) is 4.25. The van der Waals surface area contributed by atoms with Crippen molar-refractivity contribution in [3.63, 3.8) is 0 Å². The first-order valence-electron chi connectivity index (χ1n) is 10.2. The predicted octanol–water partition coefficient (Wildman–Crippen LogP) is 7.93. The van der Waals surface area contributed by atoms with Crippen LogP contribution in [0.25, 0.3) is 21.9 Å². The summed E-state index contributed by atoms with van der Waals surface area (Å²) in [6.45, 7) is 0. The maximum atomic E-state index is 14.9. The van der Waals surface area contributed by atoms with Crippen molar-refractivity contribution in [1.82, 2.24) is 0 Å². The van der Waals surface area contributed by atoms with Gasteiger partial charge >= 0.3 is 6.18 Å². The normalized spacial score (nSPS) is 18.8. The Morgan fingerprint density at radius 2 is 1.45 bits per heavy atom. The number of halogens is 7. The van der Waals surface area contributed by atoms with Gasteiger partial charge in [0, 0.05) is 16.6 Å². The van der Waals surface area contributed by atoms with Crippen LogP contribution in [0.2, 0.25) is 0 Å². The molecule has 0 N–H and O–H groups in total. The molecule has 8 heteroatoms. The molecule has 0 heterocycles. The first-order chi connectivity index (χ1) is 15.5. The molecule has 4 rings (SSSR count). The smallest absolute Gasteiger partial charge is 0.206 e. The van der Waals surface area contributed by atoms with Crippen molar-refractivity contribution in [2.75, 3.05) is 0 Å². The van der Waals surface area contributed by atoms with Gasteiger partial charge in [-0.25, -0.2) is 17.6 Å². The van der Waals surface area contributed by atoms with E-state index in [4.69, 9.17) is 0 Å². The van der Waals surface area contributed by atoms with Crippen LogP contribution in [0.15, 0.2) is 36.4 Å². The van der Waals surface area contributed by atoms with Crippen LogP contribution in [0.5, 0.6) is 0 Å². The third-order valence-electron chi connectivity index (χ3n) is 5.88. The van der Waals surface area contributed by atoms with Crippen molar-refractivity contribution in [2.24, 2.45) is 0 Å².